The van der Waals surface area contributed by atoms with Gasteiger partial charge in [0.25, 0.3) is 0 Å². The van der Waals surface area contributed by atoms with Crippen molar-refractivity contribution in [3.63, 3.8) is 0 Å². The maximum atomic E-state index is 10.4. The van der Waals surface area contributed by atoms with Crippen molar-refractivity contribution in [1.29, 1.82) is 0 Å². The van der Waals surface area contributed by atoms with Gasteiger partial charge in [-0.1, -0.05) is 32.0 Å². The van der Waals surface area contributed by atoms with Crippen LogP contribution >= 0.6 is 0 Å². The van der Waals surface area contributed by atoms with Gasteiger partial charge in [-0.3, -0.25) is 0 Å². The first kappa shape index (κ1) is 12.0. The van der Waals surface area contributed by atoms with Crippen LogP contribution in [0.4, 0.5) is 0 Å². The Morgan fingerprint density at radius 1 is 1.22 bits per heavy atom. The van der Waals surface area contributed by atoms with E-state index in [0.29, 0.717) is 5.41 Å². The molecule has 2 unspecified atom stereocenters. The molecule has 1 aliphatic heterocycles. The first-order valence-corrected chi connectivity index (χ1v) is 6.96. The van der Waals surface area contributed by atoms with Crippen LogP contribution in [0.15, 0.2) is 24.3 Å². The molecule has 0 radical (unpaired) electrons. The van der Waals surface area contributed by atoms with Crippen molar-refractivity contribution in [3.05, 3.63) is 29.8 Å². The highest BCUT2D eigenvalue weighted by atomic mass is 16.5. The molecule has 0 amide bonds. The van der Waals surface area contributed by atoms with Crippen molar-refractivity contribution in [3.8, 4) is 5.75 Å². The quantitative estimate of drug-likeness (QED) is 0.753. The zero-order valence-electron chi connectivity index (χ0n) is 11.3. The number of hydrogen-bond donors (Lipinski definition) is 1. The van der Waals surface area contributed by atoms with E-state index in [9.17, 15) is 5.11 Å². The Morgan fingerprint density at radius 2 is 2.00 bits per heavy atom. The number of fused-ring (bicyclic) bond motifs is 1. The van der Waals surface area contributed by atoms with Gasteiger partial charge in [0.05, 0.1) is 6.10 Å². The molecule has 1 aliphatic carbocycles. The summed E-state index contributed by atoms with van der Waals surface area (Å²) in [6.45, 7) is 4.62. The second-order valence-corrected chi connectivity index (χ2v) is 6.74. The summed E-state index contributed by atoms with van der Waals surface area (Å²) in [5, 5.41) is 10.4. The van der Waals surface area contributed by atoms with Crippen LogP contribution in [0.3, 0.4) is 0 Å². The fourth-order valence-corrected chi connectivity index (χ4v) is 3.79. The molecule has 98 valence electrons. The standard InChI is InChI=1S/C16H22O2/c1-15(2)8-5-9-16(11-15)10-13(17)12-6-3-4-7-14(12)18-16/h3-4,6-7,13,17H,5,8-11H2,1-2H3. The van der Waals surface area contributed by atoms with E-state index < -0.39 is 0 Å². The van der Waals surface area contributed by atoms with Crippen molar-refractivity contribution >= 4 is 0 Å². The monoisotopic (exact) mass is 246 g/mol. The molecule has 2 aliphatic rings. The van der Waals surface area contributed by atoms with Crippen LogP contribution in [0.5, 0.6) is 5.75 Å². The predicted molar refractivity (Wildman–Crippen MR) is 71.6 cm³/mol. The lowest BCUT2D eigenvalue weighted by Gasteiger charge is -2.48. The SMILES string of the molecule is CC1(C)CCCC2(CC(O)c3ccccc3O2)C1. The minimum atomic E-state index is -0.371. The summed E-state index contributed by atoms with van der Waals surface area (Å²) in [6, 6.07) is 7.91. The summed E-state index contributed by atoms with van der Waals surface area (Å²) in [5.74, 6) is 0.883. The number of aliphatic hydroxyl groups excluding tert-OH is 1. The Balaban J connectivity index is 1.93. The van der Waals surface area contributed by atoms with Crippen LogP contribution in [0.1, 0.15) is 57.6 Å². The van der Waals surface area contributed by atoms with E-state index in [0.717, 1.165) is 30.6 Å². The van der Waals surface area contributed by atoms with Gasteiger partial charge in [0, 0.05) is 12.0 Å². The van der Waals surface area contributed by atoms with Gasteiger partial charge in [0.15, 0.2) is 0 Å². The fourth-order valence-electron chi connectivity index (χ4n) is 3.79. The smallest absolute Gasteiger partial charge is 0.125 e. The van der Waals surface area contributed by atoms with Gasteiger partial charge in [-0.05, 0) is 37.2 Å². The number of ether oxygens (including phenoxy) is 1. The van der Waals surface area contributed by atoms with Crippen molar-refractivity contribution in [2.75, 3.05) is 0 Å². The zero-order chi connectivity index (χ0) is 12.8. The van der Waals surface area contributed by atoms with E-state index >= 15 is 0 Å². The topological polar surface area (TPSA) is 29.5 Å². The first-order valence-electron chi connectivity index (χ1n) is 6.96. The molecule has 1 saturated carbocycles. The first-order chi connectivity index (χ1) is 8.50. The van der Waals surface area contributed by atoms with E-state index in [4.69, 9.17) is 4.74 Å². The van der Waals surface area contributed by atoms with Gasteiger partial charge >= 0.3 is 0 Å². The normalized spacial score (nSPS) is 33.8. The molecule has 1 N–H and O–H groups in total. The molecule has 2 heteroatoms. The molecule has 1 spiro atoms. The zero-order valence-corrected chi connectivity index (χ0v) is 11.3. The molecule has 0 aromatic heterocycles. The number of hydrogen-bond acceptors (Lipinski definition) is 2. The molecule has 1 heterocycles. The Hall–Kier alpha value is -1.02. The van der Waals surface area contributed by atoms with Crippen molar-refractivity contribution < 1.29 is 9.84 Å². The van der Waals surface area contributed by atoms with E-state index in [2.05, 4.69) is 13.8 Å². The molecular formula is C16H22O2. The van der Waals surface area contributed by atoms with Crippen LogP contribution < -0.4 is 4.74 Å². The molecule has 1 aromatic carbocycles. The third-order valence-corrected chi connectivity index (χ3v) is 4.46. The van der Waals surface area contributed by atoms with E-state index in [1.54, 1.807) is 0 Å². The Bertz CT molecular complexity index is 452. The molecule has 1 aromatic rings. The Labute approximate surface area is 109 Å². The van der Waals surface area contributed by atoms with Gasteiger partial charge in [0.1, 0.15) is 11.4 Å². The third kappa shape index (κ3) is 2.03. The molecule has 1 fully saturated rings. The van der Waals surface area contributed by atoms with Gasteiger partial charge in [-0.15, -0.1) is 0 Å². The second-order valence-electron chi connectivity index (χ2n) is 6.74. The molecule has 3 rings (SSSR count). The summed E-state index contributed by atoms with van der Waals surface area (Å²) in [5.41, 5.74) is 1.13. The Morgan fingerprint density at radius 3 is 2.78 bits per heavy atom. The minimum Gasteiger partial charge on any atom is -0.487 e. The van der Waals surface area contributed by atoms with Gasteiger partial charge in [0.2, 0.25) is 0 Å². The van der Waals surface area contributed by atoms with Crippen LogP contribution in [0, 0.1) is 5.41 Å². The lowest BCUT2D eigenvalue weighted by atomic mass is 9.67. The largest absolute Gasteiger partial charge is 0.487 e. The van der Waals surface area contributed by atoms with E-state index in [1.807, 2.05) is 24.3 Å². The van der Waals surface area contributed by atoms with E-state index in [1.165, 1.54) is 12.8 Å². The second kappa shape index (κ2) is 3.99. The minimum absolute atomic E-state index is 0.143. The van der Waals surface area contributed by atoms with Crippen molar-refractivity contribution in [1.82, 2.24) is 0 Å². The molecule has 18 heavy (non-hydrogen) atoms. The Kier molecular flexibility index (Phi) is 2.67. The summed E-state index contributed by atoms with van der Waals surface area (Å²) in [4.78, 5) is 0. The number of benzene rings is 1. The highest BCUT2D eigenvalue weighted by molar-refractivity contribution is 5.38. The van der Waals surface area contributed by atoms with Crippen molar-refractivity contribution in [2.45, 2.75) is 57.7 Å². The molecule has 0 bridgehead atoms. The highest BCUT2D eigenvalue weighted by Crippen LogP contribution is 2.50. The number of rotatable bonds is 0. The highest BCUT2D eigenvalue weighted by Gasteiger charge is 2.46. The summed E-state index contributed by atoms with van der Waals surface area (Å²) in [7, 11) is 0. The summed E-state index contributed by atoms with van der Waals surface area (Å²) < 4.78 is 6.31. The lowest BCUT2D eigenvalue weighted by Crippen LogP contribution is -2.47. The fraction of sp³-hybridized carbons (Fsp3) is 0.625. The van der Waals surface area contributed by atoms with Crippen LogP contribution in [-0.4, -0.2) is 10.7 Å². The van der Waals surface area contributed by atoms with Gasteiger partial charge in [-0.25, -0.2) is 0 Å². The predicted octanol–water partition coefficient (Wildman–Crippen LogP) is 3.84. The molecular weight excluding hydrogens is 224 g/mol. The summed E-state index contributed by atoms with van der Waals surface area (Å²) in [6.07, 6.45) is 4.95. The molecule has 0 saturated heterocycles. The van der Waals surface area contributed by atoms with Gasteiger partial charge in [-0.2, -0.15) is 0 Å². The number of aliphatic hydroxyl groups is 1. The van der Waals surface area contributed by atoms with Crippen LogP contribution in [-0.2, 0) is 0 Å². The molecule has 2 atom stereocenters. The van der Waals surface area contributed by atoms with Crippen LogP contribution in [0.2, 0.25) is 0 Å². The average molecular weight is 246 g/mol. The lowest BCUT2D eigenvalue weighted by molar-refractivity contribution is -0.0676. The van der Waals surface area contributed by atoms with E-state index in [-0.39, 0.29) is 11.7 Å². The summed E-state index contributed by atoms with van der Waals surface area (Å²) >= 11 is 0. The maximum absolute atomic E-state index is 10.4. The molecule has 2 nitrogen and oxygen atoms in total. The number of para-hydroxylation sites is 1. The maximum Gasteiger partial charge on any atom is 0.125 e. The van der Waals surface area contributed by atoms with Crippen molar-refractivity contribution in [2.24, 2.45) is 5.41 Å². The average Bonchev–Trinajstić information content (AvgIpc) is 2.27. The van der Waals surface area contributed by atoms with Crippen LogP contribution in [0.25, 0.3) is 0 Å². The third-order valence-electron chi connectivity index (χ3n) is 4.46. The van der Waals surface area contributed by atoms with Gasteiger partial charge < -0.3 is 9.84 Å².